The molecule has 13 heteroatoms. The van der Waals surface area contributed by atoms with E-state index in [4.69, 9.17) is 14.2 Å². The summed E-state index contributed by atoms with van der Waals surface area (Å²) in [5.41, 5.74) is 3.17. The van der Waals surface area contributed by atoms with E-state index in [0.29, 0.717) is 87.8 Å². The minimum atomic E-state index is -0.498. The standard InChI is InChI=1S/C29H35O2S.C25H25O2S.C23H29O2S.C18H27OS.C18H25OS/c30-28(29-16-19-13-20(17-29)15-21(14-19)18-29)31-26-11-12-27(25-10-2-1-9-24(25)26)32-22-5-3-6-23(32)8-4-7-22;26-25(18-8-2-1-3-9-18)27-23-16-17-24(22-15-5-4-14-21(22)23)28-19-10-6-11-20(28)13-7-12-19;1-23(2,3)22(24)25-20-14-15-21(19-13-5-4-12-18(19)20)26-16-8-6-9-17(26)11-7-10-16;2*1-18(2,3)13-7-9-15(10-8-13)20-16-5-4-6-17(20)12-14(19)11-16/h1-2,9-12,19-23H,3-8,13-18H2;1-5,8-9,14-17,19-20H,6-7,10-13H2;4-5,12-17H,6-11H2,1-3H3;7-10,14,16-17,19H,4-6,11-12H2,1-3H3;7-10,16-17H,4-6,11-12H2,1-3H3/q5*+1. The van der Waals surface area contributed by atoms with Crippen molar-refractivity contribution < 1.29 is 38.5 Å². The number of hydrogen-bond acceptors (Lipinski definition) is 8. The molecule has 666 valence electrons. The van der Waals surface area contributed by atoms with Gasteiger partial charge in [0.2, 0.25) is 0 Å². The minimum Gasteiger partial charge on any atom is -0.425 e. The van der Waals surface area contributed by atoms with E-state index in [-0.39, 0.29) is 40.3 Å². The van der Waals surface area contributed by atoms with Gasteiger partial charge in [0.05, 0.1) is 35.3 Å². The van der Waals surface area contributed by atoms with Gasteiger partial charge in [-0.3, -0.25) is 14.4 Å². The molecule has 8 nitrogen and oxygen atoms in total. The molecule has 10 aliphatic heterocycles. The molecule has 0 amide bonds. The lowest BCUT2D eigenvalue weighted by molar-refractivity contribution is -0.161. The largest absolute Gasteiger partial charge is 0.425 e. The molecule has 10 saturated heterocycles. The zero-order valence-corrected chi connectivity index (χ0v) is 81.0. The number of rotatable bonds is 10. The van der Waals surface area contributed by atoms with Gasteiger partial charge in [-0.25, -0.2) is 4.79 Å². The Labute approximate surface area is 768 Å². The number of ketones is 1. The van der Waals surface area contributed by atoms with Crippen molar-refractivity contribution in [1.82, 2.24) is 0 Å². The number of aliphatic hydroxyl groups is 1. The maximum atomic E-state index is 13.6. The van der Waals surface area contributed by atoms with Crippen molar-refractivity contribution in [3.8, 4) is 17.2 Å². The Bertz CT molecular complexity index is 5200. The summed E-state index contributed by atoms with van der Waals surface area (Å²) in [5.74, 6) is 4.58. The highest BCUT2D eigenvalue weighted by Crippen LogP contribution is 2.61. The van der Waals surface area contributed by atoms with Gasteiger partial charge >= 0.3 is 17.9 Å². The topological polar surface area (TPSA) is 116 Å². The molecule has 126 heavy (non-hydrogen) atoms. The number of carbonyl (C=O) groups is 4. The molecule has 4 unspecified atom stereocenters. The summed E-state index contributed by atoms with van der Waals surface area (Å²) in [5, 5.41) is 25.1. The molecule has 4 aliphatic carbocycles. The van der Waals surface area contributed by atoms with Crippen LogP contribution in [-0.2, 0) is 79.7 Å². The van der Waals surface area contributed by atoms with Gasteiger partial charge in [0, 0.05) is 99.6 Å². The summed E-state index contributed by atoms with van der Waals surface area (Å²) >= 11 is 0. The molecule has 0 radical (unpaired) electrons. The van der Waals surface area contributed by atoms with E-state index < -0.39 is 5.41 Å². The molecular weight excluding hydrogens is 1650 g/mol. The lowest BCUT2D eigenvalue weighted by atomic mass is 9.49. The van der Waals surface area contributed by atoms with Crippen molar-refractivity contribution in [3.05, 3.63) is 205 Å². The Morgan fingerprint density at radius 1 is 0.325 bits per heavy atom. The monoisotopic (exact) mass is 1790 g/mol. The van der Waals surface area contributed by atoms with Crippen molar-refractivity contribution in [2.24, 2.45) is 28.6 Å². The van der Waals surface area contributed by atoms with E-state index in [1.807, 2.05) is 63.2 Å². The fourth-order valence-electron chi connectivity index (χ4n) is 25.2. The molecular formula is C113H141O8S5+5. The number of Topliss-reactive ketones (excluding diaryl/α,β-unsaturated/α-hetero) is 1. The first-order valence-electron chi connectivity index (χ1n) is 49.1. The van der Waals surface area contributed by atoms with Gasteiger partial charge in [-0.2, -0.15) is 0 Å². The van der Waals surface area contributed by atoms with Crippen LogP contribution in [0.15, 0.2) is 213 Å². The third-order valence-corrected chi connectivity index (χ3v) is 46.9. The van der Waals surface area contributed by atoms with E-state index in [1.54, 1.807) is 21.9 Å². The number of carbonyl (C=O) groups excluding carboxylic acids is 4. The zero-order valence-electron chi connectivity index (χ0n) is 76.9. The average Bonchev–Trinajstić information content (AvgIpc) is 0.740. The van der Waals surface area contributed by atoms with E-state index >= 15 is 0 Å². The van der Waals surface area contributed by atoms with E-state index in [2.05, 4.69) is 175 Å². The number of aliphatic hydroxyl groups excluding tert-OH is 1. The molecule has 9 aromatic carbocycles. The van der Waals surface area contributed by atoms with Crippen LogP contribution in [-0.4, -0.2) is 87.4 Å². The fourth-order valence-corrected chi connectivity index (χ4v) is 42.8. The Balaban J connectivity index is 0.000000108. The normalized spacial score (nSPS) is 31.0. The molecule has 1 N–H and O–H groups in total. The molecule has 0 aromatic heterocycles. The van der Waals surface area contributed by atoms with E-state index in [9.17, 15) is 24.3 Å². The first-order valence-corrected chi connectivity index (χ1v) is 55.9. The van der Waals surface area contributed by atoms with Crippen LogP contribution in [0.2, 0.25) is 0 Å². The molecule has 14 fully saturated rings. The molecule has 23 rings (SSSR count). The summed E-state index contributed by atoms with van der Waals surface area (Å²) in [6.07, 6.45) is 43.8. The second kappa shape index (κ2) is 38.8. The Hall–Kier alpha value is -6.45. The predicted molar refractivity (Wildman–Crippen MR) is 531 cm³/mol. The Kier molecular flexibility index (Phi) is 27.7. The van der Waals surface area contributed by atoms with E-state index in [0.717, 1.165) is 127 Å². The first kappa shape index (κ1) is 90.1. The summed E-state index contributed by atoms with van der Waals surface area (Å²) in [6, 6.07) is 66.6. The van der Waals surface area contributed by atoms with Crippen LogP contribution >= 0.6 is 0 Å². The number of fused-ring (bicyclic) bond motifs is 13. The Morgan fingerprint density at radius 2 is 0.627 bits per heavy atom. The fraction of sp³-hybridized carbons (Fsp3) is 0.540. The second-order valence-corrected chi connectivity index (χ2v) is 55.6. The van der Waals surface area contributed by atoms with Gasteiger partial charge in [-0.15, -0.1) is 0 Å². The van der Waals surface area contributed by atoms with Crippen molar-refractivity contribution >= 4 is 110 Å². The lowest BCUT2D eigenvalue weighted by Gasteiger charge is -2.55. The zero-order chi connectivity index (χ0) is 87.2. The summed E-state index contributed by atoms with van der Waals surface area (Å²) in [7, 11) is 1.72. The minimum absolute atomic E-state index is 0.0390. The second-order valence-electron chi connectivity index (χ2n) is 43.0. The molecule has 0 spiro atoms. The van der Waals surface area contributed by atoms with Gasteiger partial charge in [0.25, 0.3) is 0 Å². The van der Waals surface area contributed by atoms with Crippen LogP contribution in [0.3, 0.4) is 0 Å². The number of ether oxygens (including phenoxy) is 3. The quantitative estimate of drug-likeness (QED) is 0.0818. The summed E-state index contributed by atoms with van der Waals surface area (Å²) < 4.78 is 17.9. The predicted octanol–water partition coefficient (Wildman–Crippen LogP) is 27.3. The molecule has 14 aliphatic rings. The van der Waals surface area contributed by atoms with Gasteiger partial charge in [0.15, 0.2) is 24.5 Å². The third kappa shape index (κ3) is 19.7. The smallest absolute Gasteiger partial charge is 0.343 e. The molecule has 4 atom stereocenters. The number of benzene rings is 9. The van der Waals surface area contributed by atoms with Gasteiger partial charge in [0.1, 0.15) is 75.5 Å². The van der Waals surface area contributed by atoms with Crippen LogP contribution in [0.25, 0.3) is 32.3 Å². The van der Waals surface area contributed by atoms with Gasteiger partial charge in [-0.05, 0) is 344 Å². The SMILES string of the molecule is CC(C)(C)C(=O)Oc1ccc([S+]2C3CCCC2CCC3)c2ccccc12.CC(C)(C)c1ccc([S+]2C3CCCC2CC(=O)C3)cc1.CC(C)(C)c1ccc([S+]2C3CCCC2CC(O)C3)cc1.O=C(Oc1ccc([S+]2C3CCCC2CCC3)c2ccccc12)C12CC3CC(CC(C3)C1)C2.O=C(Oc1ccc([S+]2C3CCCC2CCC3)c2ccccc12)c1ccccc1. The third-order valence-electron chi connectivity index (χ3n) is 31.0. The summed E-state index contributed by atoms with van der Waals surface area (Å²) in [4.78, 5) is 58.0. The van der Waals surface area contributed by atoms with Gasteiger partial charge < -0.3 is 19.3 Å². The van der Waals surface area contributed by atoms with Crippen molar-refractivity contribution in [2.45, 2.75) is 375 Å². The molecule has 4 saturated carbocycles. The molecule has 9 aromatic rings. The van der Waals surface area contributed by atoms with Crippen LogP contribution < -0.4 is 14.2 Å². The maximum absolute atomic E-state index is 13.6. The number of hydrogen-bond donors (Lipinski definition) is 1. The summed E-state index contributed by atoms with van der Waals surface area (Å²) in [6.45, 7) is 19.3. The van der Waals surface area contributed by atoms with Crippen LogP contribution in [0.4, 0.5) is 0 Å². The van der Waals surface area contributed by atoms with E-state index in [1.165, 1.54) is 215 Å². The highest BCUT2D eigenvalue weighted by molar-refractivity contribution is 7.99. The van der Waals surface area contributed by atoms with Crippen molar-refractivity contribution in [1.29, 1.82) is 0 Å². The number of esters is 3. The van der Waals surface area contributed by atoms with Crippen molar-refractivity contribution in [3.63, 3.8) is 0 Å². The highest BCUT2D eigenvalue weighted by atomic mass is 32.2. The van der Waals surface area contributed by atoms with Crippen molar-refractivity contribution in [2.75, 3.05) is 0 Å². The Morgan fingerprint density at radius 3 is 0.968 bits per heavy atom. The average molecular weight is 1790 g/mol. The van der Waals surface area contributed by atoms with Crippen LogP contribution in [0, 0.1) is 28.6 Å². The maximum Gasteiger partial charge on any atom is 0.343 e. The molecule has 10 heterocycles. The van der Waals surface area contributed by atoms with Crippen LogP contribution in [0.1, 0.15) is 302 Å². The molecule has 14 bridgehead atoms. The highest BCUT2D eigenvalue weighted by Gasteiger charge is 2.58. The van der Waals surface area contributed by atoms with Gasteiger partial charge in [-0.1, -0.05) is 139 Å². The van der Waals surface area contributed by atoms with Crippen LogP contribution in [0.5, 0.6) is 17.2 Å². The first-order chi connectivity index (χ1) is 60.8. The lowest BCUT2D eigenvalue weighted by Crippen LogP contribution is -2.51.